The molecule has 2 aromatic rings. The molecule has 0 saturated heterocycles. The Bertz CT molecular complexity index is 586. The SMILES string of the molecule is CCCNC(c1cc(Br)ccc1F)c1ncccc1C. The minimum absolute atomic E-state index is 0.216. The predicted octanol–water partition coefficient (Wildman–Crippen LogP) is 4.38. The van der Waals surface area contributed by atoms with Crippen LogP contribution in [-0.4, -0.2) is 11.5 Å². The zero-order chi connectivity index (χ0) is 14.5. The molecule has 2 nitrogen and oxygen atoms in total. The summed E-state index contributed by atoms with van der Waals surface area (Å²) in [5.74, 6) is -0.216. The summed E-state index contributed by atoms with van der Waals surface area (Å²) in [5.41, 5.74) is 2.55. The first-order chi connectivity index (χ1) is 9.63. The average molecular weight is 337 g/mol. The minimum Gasteiger partial charge on any atom is -0.305 e. The van der Waals surface area contributed by atoms with Crippen molar-refractivity contribution in [3.63, 3.8) is 0 Å². The molecule has 0 spiro atoms. The Labute approximate surface area is 127 Å². The Balaban J connectivity index is 2.47. The highest BCUT2D eigenvalue weighted by molar-refractivity contribution is 9.10. The quantitative estimate of drug-likeness (QED) is 0.876. The van der Waals surface area contributed by atoms with E-state index in [1.807, 2.05) is 25.1 Å². The lowest BCUT2D eigenvalue weighted by molar-refractivity contribution is 0.537. The van der Waals surface area contributed by atoms with Gasteiger partial charge in [-0.2, -0.15) is 0 Å². The lowest BCUT2D eigenvalue weighted by Gasteiger charge is -2.21. The third-order valence-electron chi connectivity index (χ3n) is 3.19. The van der Waals surface area contributed by atoms with Crippen LogP contribution in [0, 0.1) is 12.7 Å². The maximum atomic E-state index is 14.2. The summed E-state index contributed by atoms with van der Waals surface area (Å²) in [6.07, 6.45) is 2.73. The van der Waals surface area contributed by atoms with Gasteiger partial charge in [0.2, 0.25) is 0 Å². The average Bonchev–Trinajstić information content (AvgIpc) is 2.44. The summed E-state index contributed by atoms with van der Waals surface area (Å²) in [4.78, 5) is 4.43. The second kappa shape index (κ2) is 6.95. The van der Waals surface area contributed by atoms with Crippen LogP contribution in [0.4, 0.5) is 4.39 Å². The highest BCUT2D eigenvalue weighted by Crippen LogP contribution is 2.27. The molecule has 0 radical (unpaired) electrons. The number of nitrogens with zero attached hydrogens (tertiary/aromatic N) is 1. The summed E-state index contributed by atoms with van der Waals surface area (Å²) in [5, 5.41) is 3.39. The van der Waals surface area contributed by atoms with Crippen molar-refractivity contribution in [2.24, 2.45) is 0 Å². The molecule has 1 unspecified atom stereocenters. The molecule has 1 aromatic carbocycles. The molecule has 0 aliphatic rings. The first-order valence-electron chi connectivity index (χ1n) is 6.73. The van der Waals surface area contributed by atoms with Gasteiger partial charge in [0.05, 0.1) is 11.7 Å². The largest absolute Gasteiger partial charge is 0.305 e. The molecule has 0 aliphatic carbocycles. The Morgan fingerprint density at radius 1 is 1.35 bits per heavy atom. The van der Waals surface area contributed by atoms with Crippen molar-refractivity contribution in [1.29, 1.82) is 0 Å². The summed E-state index contributed by atoms with van der Waals surface area (Å²) in [6.45, 7) is 4.90. The topological polar surface area (TPSA) is 24.9 Å². The van der Waals surface area contributed by atoms with Crippen LogP contribution in [0.3, 0.4) is 0 Å². The number of rotatable bonds is 5. The molecule has 0 fully saturated rings. The van der Waals surface area contributed by atoms with Gasteiger partial charge in [-0.15, -0.1) is 0 Å². The van der Waals surface area contributed by atoms with Crippen molar-refractivity contribution in [3.05, 3.63) is 63.6 Å². The number of pyridine rings is 1. The van der Waals surface area contributed by atoms with Crippen LogP contribution in [0.2, 0.25) is 0 Å². The van der Waals surface area contributed by atoms with Gasteiger partial charge in [-0.1, -0.05) is 28.9 Å². The van der Waals surface area contributed by atoms with E-state index >= 15 is 0 Å². The highest BCUT2D eigenvalue weighted by Gasteiger charge is 2.20. The van der Waals surface area contributed by atoms with Crippen molar-refractivity contribution < 1.29 is 4.39 Å². The van der Waals surface area contributed by atoms with E-state index in [2.05, 4.69) is 33.2 Å². The summed E-state index contributed by atoms with van der Waals surface area (Å²) < 4.78 is 15.0. The molecular formula is C16H18BrFN2. The molecule has 1 heterocycles. The number of hydrogen-bond donors (Lipinski definition) is 1. The maximum absolute atomic E-state index is 14.2. The summed E-state index contributed by atoms with van der Waals surface area (Å²) >= 11 is 3.41. The number of hydrogen-bond acceptors (Lipinski definition) is 2. The van der Waals surface area contributed by atoms with Crippen molar-refractivity contribution >= 4 is 15.9 Å². The van der Waals surface area contributed by atoms with Crippen molar-refractivity contribution in [1.82, 2.24) is 10.3 Å². The smallest absolute Gasteiger partial charge is 0.128 e. The Hall–Kier alpha value is -1.26. The third-order valence-corrected chi connectivity index (χ3v) is 3.68. The van der Waals surface area contributed by atoms with Gasteiger partial charge in [0.15, 0.2) is 0 Å². The fourth-order valence-electron chi connectivity index (χ4n) is 2.18. The molecule has 1 aromatic heterocycles. The normalized spacial score (nSPS) is 12.4. The van der Waals surface area contributed by atoms with Crippen LogP contribution in [0.1, 0.15) is 36.2 Å². The van der Waals surface area contributed by atoms with E-state index in [4.69, 9.17) is 0 Å². The molecule has 1 N–H and O–H groups in total. The predicted molar refractivity (Wildman–Crippen MR) is 83.2 cm³/mol. The summed E-state index contributed by atoms with van der Waals surface area (Å²) in [7, 11) is 0. The number of aryl methyl sites for hydroxylation is 1. The molecule has 0 aliphatic heterocycles. The third kappa shape index (κ3) is 3.44. The zero-order valence-corrected chi connectivity index (χ0v) is 13.2. The van der Waals surface area contributed by atoms with E-state index in [1.165, 1.54) is 6.07 Å². The fourth-order valence-corrected chi connectivity index (χ4v) is 2.56. The van der Waals surface area contributed by atoms with E-state index in [1.54, 1.807) is 12.3 Å². The van der Waals surface area contributed by atoms with Crippen LogP contribution in [-0.2, 0) is 0 Å². The van der Waals surface area contributed by atoms with Gasteiger partial charge in [0, 0.05) is 16.2 Å². The monoisotopic (exact) mass is 336 g/mol. The molecule has 106 valence electrons. The van der Waals surface area contributed by atoms with Gasteiger partial charge >= 0.3 is 0 Å². The standard InChI is InChI=1S/C16H18BrFN2/c1-3-8-19-16(15-11(2)5-4-9-20-15)13-10-12(17)6-7-14(13)18/h4-7,9-10,16,19H,3,8H2,1-2H3. The van der Waals surface area contributed by atoms with Crippen LogP contribution in [0.25, 0.3) is 0 Å². The molecule has 0 saturated carbocycles. The van der Waals surface area contributed by atoms with Gasteiger partial charge < -0.3 is 5.32 Å². The van der Waals surface area contributed by atoms with Gasteiger partial charge in [0.25, 0.3) is 0 Å². The van der Waals surface area contributed by atoms with E-state index < -0.39 is 0 Å². The Morgan fingerprint density at radius 2 is 2.15 bits per heavy atom. The molecule has 4 heteroatoms. The van der Waals surface area contributed by atoms with Crippen molar-refractivity contribution in [2.45, 2.75) is 26.3 Å². The van der Waals surface area contributed by atoms with Gasteiger partial charge in [-0.3, -0.25) is 4.98 Å². The Morgan fingerprint density at radius 3 is 2.85 bits per heavy atom. The first-order valence-corrected chi connectivity index (χ1v) is 7.52. The van der Waals surface area contributed by atoms with Gasteiger partial charge in [-0.05, 0) is 49.7 Å². The van der Waals surface area contributed by atoms with E-state index in [-0.39, 0.29) is 11.9 Å². The highest BCUT2D eigenvalue weighted by atomic mass is 79.9. The van der Waals surface area contributed by atoms with E-state index in [0.29, 0.717) is 5.56 Å². The van der Waals surface area contributed by atoms with E-state index in [0.717, 1.165) is 28.7 Å². The molecule has 1 atom stereocenters. The van der Waals surface area contributed by atoms with Crippen LogP contribution in [0.15, 0.2) is 41.0 Å². The Kier molecular flexibility index (Phi) is 5.26. The fraction of sp³-hybridized carbons (Fsp3) is 0.312. The number of nitrogens with one attached hydrogen (secondary N) is 1. The maximum Gasteiger partial charge on any atom is 0.128 e. The van der Waals surface area contributed by atoms with Crippen molar-refractivity contribution in [3.8, 4) is 0 Å². The second-order valence-electron chi connectivity index (χ2n) is 4.76. The molecular weight excluding hydrogens is 319 g/mol. The lowest BCUT2D eigenvalue weighted by atomic mass is 9.99. The second-order valence-corrected chi connectivity index (χ2v) is 5.67. The van der Waals surface area contributed by atoms with Gasteiger partial charge in [0.1, 0.15) is 5.82 Å². The van der Waals surface area contributed by atoms with Crippen LogP contribution in [0.5, 0.6) is 0 Å². The lowest BCUT2D eigenvalue weighted by Crippen LogP contribution is -2.25. The minimum atomic E-state index is -0.228. The summed E-state index contributed by atoms with van der Waals surface area (Å²) in [6, 6.07) is 8.68. The molecule has 0 amide bonds. The van der Waals surface area contributed by atoms with Crippen LogP contribution < -0.4 is 5.32 Å². The first kappa shape index (κ1) is 15.1. The number of aromatic nitrogens is 1. The molecule has 20 heavy (non-hydrogen) atoms. The number of halogens is 2. The van der Waals surface area contributed by atoms with Crippen molar-refractivity contribution in [2.75, 3.05) is 6.54 Å². The van der Waals surface area contributed by atoms with Crippen LogP contribution >= 0.6 is 15.9 Å². The number of benzene rings is 1. The molecule has 0 bridgehead atoms. The van der Waals surface area contributed by atoms with Gasteiger partial charge in [-0.25, -0.2) is 4.39 Å². The molecule has 2 rings (SSSR count). The van der Waals surface area contributed by atoms with E-state index in [9.17, 15) is 4.39 Å². The zero-order valence-electron chi connectivity index (χ0n) is 11.7.